The van der Waals surface area contributed by atoms with Crippen molar-refractivity contribution >= 4 is 5.91 Å². The lowest BCUT2D eigenvalue weighted by Gasteiger charge is -2.46. The number of ether oxygens (including phenoxy) is 4. The second kappa shape index (κ2) is 60.4. The van der Waals surface area contributed by atoms with Gasteiger partial charge in [-0.15, -0.1) is 0 Å². The Morgan fingerprint density at radius 1 is 0.400 bits per heavy atom. The molecule has 2 heterocycles. The van der Waals surface area contributed by atoms with Crippen molar-refractivity contribution in [2.45, 2.75) is 396 Å². The van der Waals surface area contributed by atoms with Crippen molar-refractivity contribution in [1.82, 2.24) is 5.32 Å². The number of hydrogen-bond acceptors (Lipinski definition) is 13. The van der Waals surface area contributed by atoms with Crippen molar-refractivity contribution in [2.24, 2.45) is 0 Å². The molecule has 0 aliphatic carbocycles. The lowest BCUT2D eigenvalue weighted by molar-refractivity contribution is -0.359. The molecule has 12 atom stereocenters. The van der Waals surface area contributed by atoms with E-state index in [0.29, 0.717) is 12.8 Å². The average Bonchev–Trinajstić information content (AvgIpc) is 1.26. The van der Waals surface area contributed by atoms with E-state index in [1.54, 1.807) is 6.08 Å². The van der Waals surface area contributed by atoms with Crippen LogP contribution in [0.4, 0.5) is 0 Å². The molecule has 2 saturated heterocycles. The first kappa shape index (κ1) is 83.8. The van der Waals surface area contributed by atoms with Crippen LogP contribution in [0.3, 0.4) is 0 Å². The van der Waals surface area contributed by atoms with Gasteiger partial charge in [0.15, 0.2) is 12.6 Å². The van der Waals surface area contributed by atoms with Gasteiger partial charge in [-0.3, -0.25) is 4.79 Å². The molecule has 2 fully saturated rings. The summed E-state index contributed by atoms with van der Waals surface area (Å²) in [6, 6.07) is -0.941. The average molecular weight is 1270 g/mol. The number of carbonyl (C=O) groups is 1. The lowest BCUT2D eigenvalue weighted by atomic mass is 9.97. The van der Waals surface area contributed by atoms with Crippen LogP contribution in [-0.2, 0) is 23.7 Å². The molecule has 1 amide bonds. The topological polar surface area (TPSA) is 228 Å². The first-order valence-electron chi connectivity index (χ1n) is 37.5. The molecule has 0 aromatic rings. The summed E-state index contributed by atoms with van der Waals surface area (Å²) in [5.74, 6) is -0.250. The molecule has 2 rings (SSSR count). The molecular formula is C76H139NO13. The summed E-state index contributed by atoms with van der Waals surface area (Å²) in [4.78, 5) is 13.4. The van der Waals surface area contributed by atoms with Crippen LogP contribution >= 0.6 is 0 Å². The number of nitrogens with one attached hydrogen (secondary N) is 1. The van der Waals surface area contributed by atoms with E-state index in [-0.39, 0.29) is 18.9 Å². The number of carbonyl (C=O) groups excluding carboxylic acids is 1. The maximum atomic E-state index is 13.4. The van der Waals surface area contributed by atoms with E-state index in [1.807, 2.05) is 6.08 Å². The molecule has 526 valence electrons. The Kier molecular flexibility index (Phi) is 56.2. The van der Waals surface area contributed by atoms with Crippen LogP contribution in [0.25, 0.3) is 0 Å². The zero-order valence-corrected chi connectivity index (χ0v) is 57.4. The summed E-state index contributed by atoms with van der Waals surface area (Å²) in [7, 11) is 0. The molecule has 9 N–H and O–H groups in total. The van der Waals surface area contributed by atoms with Gasteiger partial charge in [-0.2, -0.15) is 0 Å². The molecule has 2 aliphatic rings. The van der Waals surface area contributed by atoms with Gasteiger partial charge in [-0.05, 0) is 77.0 Å². The summed E-state index contributed by atoms with van der Waals surface area (Å²) >= 11 is 0. The third kappa shape index (κ3) is 43.6. The first-order chi connectivity index (χ1) is 44.1. The van der Waals surface area contributed by atoms with Crippen LogP contribution in [0.5, 0.6) is 0 Å². The van der Waals surface area contributed by atoms with Gasteiger partial charge in [0.25, 0.3) is 0 Å². The maximum Gasteiger partial charge on any atom is 0.220 e. The summed E-state index contributed by atoms with van der Waals surface area (Å²) in [5.41, 5.74) is 0. The Morgan fingerprint density at radius 3 is 1.16 bits per heavy atom. The van der Waals surface area contributed by atoms with E-state index < -0.39 is 86.8 Å². The monoisotopic (exact) mass is 1270 g/mol. The molecule has 2 aliphatic heterocycles. The van der Waals surface area contributed by atoms with Gasteiger partial charge >= 0.3 is 0 Å². The van der Waals surface area contributed by atoms with E-state index in [2.05, 4.69) is 67.8 Å². The van der Waals surface area contributed by atoms with Gasteiger partial charge in [0.05, 0.1) is 32.0 Å². The minimum Gasteiger partial charge on any atom is -0.394 e. The van der Waals surface area contributed by atoms with Gasteiger partial charge in [0.2, 0.25) is 5.91 Å². The van der Waals surface area contributed by atoms with Gasteiger partial charge in [-0.1, -0.05) is 299 Å². The Labute approximate surface area is 549 Å². The van der Waals surface area contributed by atoms with Crippen LogP contribution in [0.15, 0.2) is 60.8 Å². The smallest absolute Gasteiger partial charge is 0.220 e. The standard InChI is InChI=1S/C76H139NO13/c1-3-5-7-9-11-13-15-17-19-21-23-25-27-29-31-32-34-36-38-40-42-44-46-48-50-52-54-56-58-60-68(81)77-64(63-87-75-73(86)71(84)74(67(62-79)89-75)90-76-72(85)70(83)69(82)66(61-78)88-76)65(80)59-57-55-53-51-49-47-45-43-41-39-37-35-33-30-28-26-24-22-20-18-16-14-12-10-8-6-4-2/h15,17,21,23,41,43,49,51,57,59,64-67,69-76,78-80,82-86H,3-14,16,18-20,22,24-40,42,44-48,50,52-56,58,60-63H2,1-2H3,(H,77,81)/b17-15-,23-21-,43-41+,51-49+,59-57+. The Morgan fingerprint density at radius 2 is 0.744 bits per heavy atom. The minimum atomic E-state index is -1.79. The molecule has 0 bridgehead atoms. The van der Waals surface area contributed by atoms with Crippen LogP contribution in [0.2, 0.25) is 0 Å². The number of allylic oxidation sites excluding steroid dienone is 9. The fourth-order valence-electron chi connectivity index (χ4n) is 12.2. The highest BCUT2D eigenvalue weighted by molar-refractivity contribution is 5.76. The van der Waals surface area contributed by atoms with Crippen molar-refractivity contribution in [3.8, 4) is 0 Å². The second-order valence-corrected chi connectivity index (χ2v) is 26.4. The van der Waals surface area contributed by atoms with Gasteiger partial charge in [0, 0.05) is 6.42 Å². The van der Waals surface area contributed by atoms with Crippen molar-refractivity contribution in [2.75, 3.05) is 19.8 Å². The Hall–Kier alpha value is -2.31. The van der Waals surface area contributed by atoms with Crippen molar-refractivity contribution < 1.29 is 64.6 Å². The maximum absolute atomic E-state index is 13.4. The number of rotatable bonds is 62. The molecule has 12 unspecified atom stereocenters. The SMILES string of the molecule is CCCCCCC/C=C\C/C=C\CCCCCCCCCCCCCCCCCCCC(=O)NC(COC1OC(CO)C(OC2OC(CO)C(O)C(O)C2O)C(O)C1O)C(O)/C=C/CC/C=C/CC/C=C/CCCCCCCCCCCCCCCCCCC. The Balaban J connectivity index is 1.68. The summed E-state index contributed by atoms with van der Waals surface area (Å²) < 4.78 is 22.9. The number of hydrogen-bond donors (Lipinski definition) is 9. The molecule has 0 saturated carbocycles. The normalized spacial score (nSPS) is 23.2. The van der Waals surface area contributed by atoms with Gasteiger partial charge < -0.3 is 65.1 Å². The number of aliphatic hydroxyl groups excluding tert-OH is 8. The third-order valence-corrected chi connectivity index (χ3v) is 18.2. The molecule has 14 nitrogen and oxygen atoms in total. The van der Waals surface area contributed by atoms with E-state index >= 15 is 0 Å². The zero-order valence-electron chi connectivity index (χ0n) is 57.4. The predicted molar refractivity (Wildman–Crippen MR) is 369 cm³/mol. The first-order valence-corrected chi connectivity index (χ1v) is 37.5. The van der Waals surface area contributed by atoms with Crippen molar-refractivity contribution in [3.63, 3.8) is 0 Å². The second-order valence-electron chi connectivity index (χ2n) is 26.4. The quantitative estimate of drug-likeness (QED) is 0.0204. The van der Waals surface area contributed by atoms with Crippen LogP contribution < -0.4 is 5.32 Å². The molecule has 0 radical (unpaired) electrons. The van der Waals surface area contributed by atoms with E-state index in [0.717, 1.165) is 51.4 Å². The van der Waals surface area contributed by atoms with Crippen LogP contribution in [0, 0.1) is 0 Å². The van der Waals surface area contributed by atoms with Crippen LogP contribution in [-0.4, -0.2) is 140 Å². The molecule has 0 spiro atoms. The summed E-state index contributed by atoms with van der Waals surface area (Å²) in [5, 5.41) is 87.5. The highest BCUT2D eigenvalue weighted by Crippen LogP contribution is 2.30. The third-order valence-electron chi connectivity index (χ3n) is 18.2. The molecule has 90 heavy (non-hydrogen) atoms. The molecule has 0 aromatic carbocycles. The van der Waals surface area contributed by atoms with Gasteiger partial charge in [-0.25, -0.2) is 0 Å². The number of unbranched alkanes of at least 4 members (excludes halogenated alkanes) is 41. The highest BCUT2D eigenvalue weighted by Gasteiger charge is 2.51. The molecule has 14 heteroatoms. The van der Waals surface area contributed by atoms with E-state index in [9.17, 15) is 45.6 Å². The van der Waals surface area contributed by atoms with Crippen molar-refractivity contribution in [1.29, 1.82) is 0 Å². The summed E-state index contributed by atoms with van der Waals surface area (Å²) in [6.45, 7) is 2.81. The predicted octanol–water partition coefficient (Wildman–Crippen LogP) is 16.0. The van der Waals surface area contributed by atoms with E-state index in [1.165, 1.54) is 238 Å². The fraction of sp³-hybridized carbons (Fsp3) is 0.855. The number of aliphatic hydroxyl groups is 8. The van der Waals surface area contributed by atoms with E-state index in [4.69, 9.17) is 18.9 Å². The van der Waals surface area contributed by atoms with Crippen molar-refractivity contribution in [3.05, 3.63) is 60.8 Å². The largest absolute Gasteiger partial charge is 0.394 e. The molecular weight excluding hydrogens is 1130 g/mol. The minimum absolute atomic E-state index is 0.250. The molecule has 0 aromatic heterocycles. The fourth-order valence-corrected chi connectivity index (χ4v) is 12.2. The van der Waals surface area contributed by atoms with Gasteiger partial charge in [0.1, 0.15) is 48.8 Å². The summed E-state index contributed by atoms with van der Waals surface area (Å²) in [6.07, 6.45) is 64.3. The highest BCUT2D eigenvalue weighted by atomic mass is 16.7. The Bertz CT molecular complexity index is 1740. The zero-order chi connectivity index (χ0) is 65.2. The van der Waals surface area contributed by atoms with Crippen LogP contribution in [0.1, 0.15) is 322 Å². The number of amides is 1. The lowest BCUT2D eigenvalue weighted by Crippen LogP contribution is -2.65.